The van der Waals surface area contributed by atoms with Crippen molar-refractivity contribution in [2.45, 2.75) is 32.7 Å². The van der Waals surface area contributed by atoms with Gasteiger partial charge in [-0.2, -0.15) is 4.98 Å². The number of carbonyl (C=O) groups is 1. The van der Waals surface area contributed by atoms with Gasteiger partial charge in [-0.3, -0.25) is 9.69 Å². The third-order valence-corrected chi connectivity index (χ3v) is 5.49. The molecule has 1 fully saturated rings. The van der Waals surface area contributed by atoms with Gasteiger partial charge in [0.05, 0.1) is 6.54 Å². The van der Waals surface area contributed by atoms with Crippen molar-refractivity contribution in [1.29, 1.82) is 0 Å². The van der Waals surface area contributed by atoms with Crippen molar-refractivity contribution >= 4 is 16.8 Å². The van der Waals surface area contributed by atoms with E-state index in [-0.39, 0.29) is 5.91 Å². The van der Waals surface area contributed by atoms with E-state index in [2.05, 4.69) is 51.1 Å². The molecular weight excluding hydrogens is 354 g/mol. The standard InChI is InChI=1S/C21H27N5O2/c1-3-20-22-19(23-28-20)15-25-10-12-26(13-11-25)21(27)9-8-16-14-24(2)18-7-5-4-6-17(16)18/h4-7,14H,3,8-13,15H2,1-2H3. The number of amides is 1. The monoisotopic (exact) mass is 381 g/mol. The maximum atomic E-state index is 12.7. The van der Waals surface area contributed by atoms with Gasteiger partial charge in [-0.25, -0.2) is 0 Å². The highest BCUT2D eigenvalue weighted by Crippen LogP contribution is 2.22. The summed E-state index contributed by atoms with van der Waals surface area (Å²) in [4.78, 5) is 21.3. The third kappa shape index (κ3) is 3.94. The number of hydrogen-bond donors (Lipinski definition) is 0. The molecule has 0 atom stereocenters. The van der Waals surface area contributed by atoms with Crippen LogP contribution in [0.15, 0.2) is 35.0 Å². The fourth-order valence-electron chi connectivity index (χ4n) is 3.88. The maximum Gasteiger partial charge on any atom is 0.226 e. The Kier molecular flexibility index (Phi) is 5.43. The molecule has 7 nitrogen and oxygen atoms in total. The zero-order chi connectivity index (χ0) is 19.5. The SMILES string of the molecule is CCc1nc(CN2CCN(C(=O)CCc3cn(C)c4ccccc34)CC2)no1. The minimum Gasteiger partial charge on any atom is -0.350 e. The number of hydrogen-bond acceptors (Lipinski definition) is 5. The molecule has 7 heteroatoms. The predicted molar refractivity (Wildman–Crippen MR) is 107 cm³/mol. The van der Waals surface area contributed by atoms with Crippen LogP contribution >= 0.6 is 0 Å². The van der Waals surface area contributed by atoms with Gasteiger partial charge in [-0.05, 0) is 18.1 Å². The summed E-state index contributed by atoms with van der Waals surface area (Å²) in [7, 11) is 2.06. The average molecular weight is 381 g/mol. The number of para-hydroxylation sites is 1. The molecule has 0 bridgehead atoms. The minimum absolute atomic E-state index is 0.236. The lowest BCUT2D eigenvalue weighted by Crippen LogP contribution is -2.48. The molecule has 0 spiro atoms. The number of carbonyl (C=O) groups excluding carboxylic acids is 1. The van der Waals surface area contributed by atoms with E-state index in [0.717, 1.165) is 44.8 Å². The van der Waals surface area contributed by atoms with Gasteiger partial charge in [-0.15, -0.1) is 0 Å². The highest BCUT2D eigenvalue weighted by Gasteiger charge is 2.22. The summed E-state index contributed by atoms with van der Waals surface area (Å²) in [6, 6.07) is 8.36. The van der Waals surface area contributed by atoms with Crippen LogP contribution in [0.1, 0.15) is 30.6 Å². The number of benzene rings is 1. The lowest BCUT2D eigenvalue weighted by atomic mass is 10.1. The minimum atomic E-state index is 0.236. The lowest BCUT2D eigenvalue weighted by molar-refractivity contribution is -0.133. The Morgan fingerprint density at radius 3 is 2.71 bits per heavy atom. The lowest BCUT2D eigenvalue weighted by Gasteiger charge is -2.34. The van der Waals surface area contributed by atoms with Crippen LogP contribution in [0.4, 0.5) is 0 Å². The van der Waals surface area contributed by atoms with Gasteiger partial charge in [0.2, 0.25) is 11.8 Å². The Hall–Kier alpha value is -2.67. The van der Waals surface area contributed by atoms with Crippen molar-refractivity contribution in [2.24, 2.45) is 7.05 Å². The summed E-state index contributed by atoms with van der Waals surface area (Å²) in [6.45, 7) is 5.88. The van der Waals surface area contributed by atoms with Gasteiger partial charge in [0.25, 0.3) is 0 Å². The number of nitrogens with zero attached hydrogens (tertiary/aromatic N) is 5. The van der Waals surface area contributed by atoms with Gasteiger partial charge in [0, 0.05) is 63.2 Å². The number of piperazine rings is 1. The summed E-state index contributed by atoms with van der Waals surface area (Å²) >= 11 is 0. The quantitative estimate of drug-likeness (QED) is 0.656. The van der Waals surface area contributed by atoms with E-state index in [4.69, 9.17) is 4.52 Å². The van der Waals surface area contributed by atoms with Crippen LogP contribution in [0.25, 0.3) is 10.9 Å². The van der Waals surface area contributed by atoms with E-state index in [0.29, 0.717) is 18.9 Å². The highest BCUT2D eigenvalue weighted by molar-refractivity contribution is 5.85. The summed E-state index contributed by atoms with van der Waals surface area (Å²) in [5, 5.41) is 5.26. The average Bonchev–Trinajstić information content (AvgIpc) is 3.31. The second-order valence-electron chi connectivity index (χ2n) is 7.40. The first-order valence-electron chi connectivity index (χ1n) is 9.98. The van der Waals surface area contributed by atoms with E-state index < -0.39 is 0 Å². The van der Waals surface area contributed by atoms with Crippen molar-refractivity contribution in [1.82, 2.24) is 24.5 Å². The summed E-state index contributed by atoms with van der Waals surface area (Å²) in [5.74, 6) is 1.64. The molecule has 0 unspecified atom stereocenters. The smallest absolute Gasteiger partial charge is 0.226 e. The number of aromatic nitrogens is 3. The molecule has 148 valence electrons. The van der Waals surface area contributed by atoms with E-state index in [1.54, 1.807) is 0 Å². The van der Waals surface area contributed by atoms with Crippen molar-refractivity contribution < 1.29 is 9.32 Å². The molecule has 4 rings (SSSR count). The van der Waals surface area contributed by atoms with Gasteiger partial charge in [-0.1, -0.05) is 30.3 Å². The predicted octanol–water partition coefficient (Wildman–Crippen LogP) is 2.40. The second kappa shape index (κ2) is 8.14. The Bertz CT molecular complexity index is 953. The van der Waals surface area contributed by atoms with E-state index in [9.17, 15) is 4.79 Å². The van der Waals surface area contributed by atoms with E-state index >= 15 is 0 Å². The molecule has 0 saturated carbocycles. The molecule has 1 aromatic carbocycles. The molecular formula is C21H27N5O2. The van der Waals surface area contributed by atoms with Crippen LogP contribution in [-0.4, -0.2) is 56.6 Å². The fourth-order valence-corrected chi connectivity index (χ4v) is 3.88. The van der Waals surface area contributed by atoms with Crippen molar-refractivity contribution in [3.8, 4) is 0 Å². The fraction of sp³-hybridized carbons (Fsp3) is 0.476. The normalized spacial score (nSPS) is 15.4. The summed E-state index contributed by atoms with van der Waals surface area (Å²) in [6.07, 6.45) is 4.24. The summed E-state index contributed by atoms with van der Waals surface area (Å²) < 4.78 is 7.30. The Morgan fingerprint density at radius 2 is 1.96 bits per heavy atom. The number of fused-ring (bicyclic) bond motifs is 1. The molecule has 0 radical (unpaired) electrons. The van der Waals surface area contributed by atoms with Crippen molar-refractivity contribution in [3.63, 3.8) is 0 Å². The van der Waals surface area contributed by atoms with Gasteiger partial charge >= 0.3 is 0 Å². The molecule has 1 saturated heterocycles. The Labute approximate surface area is 164 Å². The van der Waals surface area contributed by atoms with Crippen LogP contribution in [0, 0.1) is 0 Å². The van der Waals surface area contributed by atoms with Crippen LogP contribution in [-0.2, 0) is 31.2 Å². The van der Waals surface area contributed by atoms with Crippen molar-refractivity contribution in [3.05, 3.63) is 47.7 Å². The topological polar surface area (TPSA) is 67.4 Å². The third-order valence-electron chi connectivity index (χ3n) is 5.49. The van der Waals surface area contributed by atoms with E-state index in [1.165, 1.54) is 16.5 Å². The zero-order valence-corrected chi connectivity index (χ0v) is 16.6. The molecule has 3 aromatic rings. The molecule has 0 N–H and O–H groups in total. The molecule has 1 amide bonds. The van der Waals surface area contributed by atoms with Crippen molar-refractivity contribution in [2.75, 3.05) is 26.2 Å². The molecule has 3 heterocycles. The number of rotatable bonds is 6. The van der Waals surface area contributed by atoms with Gasteiger partial charge in [0.1, 0.15) is 0 Å². The first-order chi connectivity index (χ1) is 13.6. The maximum absolute atomic E-state index is 12.7. The first-order valence-corrected chi connectivity index (χ1v) is 9.98. The van der Waals surface area contributed by atoms with E-state index in [1.807, 2.05) is 17.9 Å². The zero-order valence-electron chi connectivity index (χ0n) is 16.6. The molecule has 0 aliphatic carbocycles. The highest BCUT2D eigenvalue weighted by atomic mass is 16.5. The molecule has 28 heavy (non-hydrogen) atoms. The van der Waals surface area contributed by atoms with Crippen LogP contribution in [0.2, 0.25) is 0 Å². The first kappa shape index (κ1) is 18.7. The summed E-state index contributed by atoms with van der Waals surface area (Å²) in [5.41, 5.74) is 2.46. The Morgan fingerprint density at radius 1 is 1.18 bits per heavy atom. The Balaban J connectivity index is 1.28. The molecule has 1 aliphatic heterocycles. The second-order valence-corrected chi connectivity index (χ2v) is 7.40. The van der Waals surface area contributed by atoms with Gasteiger partial charge < -0.3 is 14.0 Å². The number of aryl methyl sites for hydroxylation is 3. The van der Waals surface area contributed by atoms with Crippen LogP contribution in [0.3, 0.4) is 0 Å². The largest absolute Gasteiger partial charge is 0.350 e. The van der Waals surface area contributed by atoms with Gasteiger partial charge in [0.15, 0.2) is 5.82 Å². The van der Waals surface area contributed by atoms with Crippen LogP contribution in [0.5, 0.6) is 0 Å². The molecule has 2 aromatic heterocycles. The van der Waals surface area contributed by atoms with Crippen LogP contribution < -0.4 is 0 Å². The molecule has 1 aliphatic rings.